The van der Waals surface area contributed by atoms with Gasteiger partial charge in [0.1, 0.15) is 0 Å². The largest absolute Gasteiger partial charge is 0.300 e. The zero-order chi connectivity index (χ0) is 12.0. The number of hydrogen-bond donors (Lipinski definition) is 1. The van der Waals surface area contributed by atoms with Gasteiger partial charge >= 0.3 is 10.1 Å². The summed E-state index contributed by atoms with van der Waals surface area (Å²) >= 11 is 0.959. The minimum absolute atomic E-state index is 0.959. The summed E-state index contributed by atoms with van der Waals surface area (Å²) in [6.07, 6.45) is 0. The van der Waals surface area contributed by atoms with E-state index in [-0.39, 0.29) is 0 Å². The maximum Gasteiger partial charge on any atom is 0.300 e. The zero-order valence-electron chi connectivity index (χ0n) is 6.56. The fourth-order valence-electron chi connectivity index (χ4n) is 0.811. The average molecular weight is 356 g/mol. The lowest BCUT2D eigenvalue weighted by Crippen LogP contribution is -2.11. The molecule has 0 heterocycles. The van der Waals surface area contributed by atoms with Crippen LogP contribution < -0.4 is 0 Å². The molecule has 0 aliphatic rings. The van der Waals surface area contributed by atoms with Crippen molar-refractivity contribution in [3.8, 4) is 0 Å². The molecular weight excluding hydrogens is 355 g/mol. The molecule has 0 saturated carbocycles. The highest BCUT2D eigenvalue weighted by molar-refractivity contribution is 14.1. The first kappa shape index (κ1) is 12.6. The van der Waals surface area contributed by atoms with E-state index in [9.17, 15) is 26.0 Å². The van der Waals surface area contributed by atoms with E-state index >= 15 is 0 Å². The Labute approximate surface area is 95.0 Å². The first-order valence-electron chi connectivity index (χ1n) is 3.16. The van der Waals surface area contributed by atoms with Crippen molar-refractivity contribution in [2.45, 2.75) is 4.90 Å². The third-order valence-corrected chi connectivity index (χ3v) is 3.25. The van der Waals surface area contributed by atoms with Gasteiger partial charge in [0.15, 0.2) is 28.2 Å². The molecule has 0 saturated heterocycles. The molecule has 1 aromatic carbocycles. The van der Waals surface area contributed by atoms with E-state index in [4.69, 9.17) is 4.55 Å². The molecule has 15 heavy (non-hydrogen) atoms. The highest BCUT2D eigenvalue weighted by Crippen LogP contribution is 2.28. The Morgan fingerprint density at radius 3 is 1.53 bits per heavy atom. The van der Waals surface area contributed by atoms with E-state index in [2.05, 4.69) is 0 Å². The van der Waals surface area contributed by atoms with Crippen molar-refractivity contribution in [1.82, 2.24) is 0 Å². The second-order valence-corrected chi connectivity index (χ2v) is 4.81. The van der Waals surface area contributed by atoms with Gasteiger partial charge in [0, 0.05) is 0 Å². The predicted octanol–water partition coefficient (Wildman–Crippen LogP) is 2.09. The summed E-state index contributed by atoms with van der Waals surface area (Å²) in [6.45, 7) is 0. The Balaban J connectivity index is 3.84. The molecule has 0 spiro atoms. The second-order valence-electron chi connectivity index (χ2n) is 2.37. The van der Waals surface area contributed by atoms with E-state index < -0.39 is 41.9 Å². The minimum Gasteiger partial charge on any atom is -0.282 e. The molecule has 84 valence electrons. The van der Waals surface area contributed by atoms with Gasteiger partial charge in [-0.1, -0.05) is 0 Å². The van der Waals surface area contributed by atoms with Gasteiger partial charge in [-0.25, -0.2) is 17.6 Å². The first-order valence-corrected chi connectivity index (χ1v) is 5.68. The first-order chi connectivity index (χ1) is 6.68. The fourth-order valence-corrected chi connectivity index (χ4v) is 1.92. The summed E-state index contributed by atoms with van der Waals surface area (Å²) in [5, 5.41) is 0. The summed E-state index contributed by atoms with van der Waals surface area (Å²) in [7, 11) is -5.36. The standard InChI is InChI=1S/C6HF4IO3S/c7-1-3(9)6(15(12,13)14)4(10)2(8)5(1)11/h(H,12,13,14). The average Bonchev–Trinajstić information content (AvgIpc) is 2.09. The van der Waals surface area contributed by atoms with Gasteiger partial charge < -0.3 is 0 Å². The second kappa shape index (κ2) is 3.87. The molecular formula is C6HF4IO3S. The molecule has 0 unspecified atom stereocenters. The van der Waals surface area contributed by atoms with Crippen LogP contribution in [0, 0.1) is 26.8 Å². The van der Waals surface area contributed by atoms with Crippen molar-refractivity contribution in [3.05, 3.63) is 26.8 Å². The van der Waals surface area contributed by atoms with Gasteiger partial charge in [-0.2, -0.15) is 8.42 Å². The van der Waals surface area contributed by atoms with Gasteiger partial charge in [0.2, 0.25) is 0 Å². The molecule has 0 bridgehead atoms. The van der Waals surface area contributed by atoms with Crippen LogP contribution in [-0.4, -0.2) is 13.0 Å². The van der Waals surface area contributed by atoms with E-state index in [1.807, 2.05) is 0 Å². The van der Waals surface area contributed by atoms with Gasteiger partial charge in [-0.05, 0) is 22.6 Å². The smallest absolute Gasteiger partial charge is 0.282 e. The third kappa shape index (κ3) is 2.08. The van der Waals surface area contributed by atoms with Gasteiger partial charge in [0.05, 0.1) is 3.57 Å². The Bertz CT molecular complexity index is 499. The number of rotatable bonds is 1. The fraction of sp³-hybridized carbons (Fsp3) is 0. The molecule has 3 nitrogen and oxygen atoms in total. The number of hydrogen-bond acceptors (Lipinski definition) is 2. The molecule has 1 N–H and O–H groups in total. The molecule has 0 radical (unpaired) electrons. The van der Waals surface area contributed by atoms with E-state index in [1.165, 1.54) is 0 Å². The van der Waals surface area contributed by atoms with Crippen LogP contribution in [0.3, 0.4) is 0 Å². The molecule has 0 aromatic heterocycles. The molecule has 0 amide bonds. The molecule has 0 aliphatic carbocycles. The molecule has 0 atom stereocenters. The van der Waals surface area contributed by atoms with Crippen LogP contribution in [-0.2, 0) is 10.1 Å². The quantitative estimate of drug-likeness (QED) is 0.276. The highest BCUT2D eigenvalue weighted by Gasteiger charge is 2.31. The van der Waals surface area contributed by atoms with Crippen molar-refractivity contribution in [3.63, 3.8) is 0 Å². The molecule has 0 aliphatic heterocycles. The Morgan fingerprint density at radius 2 is 1.27 bits per heavy atom. The lowest BCUT2D eigenvalue weighted by Gasteiger charge is -2.05. The van der Waals surface area contributed by atoms with E-state index in [0.29, 0.717) is 0 Å². The van der Waals surface area contributed by atoms with E-state index in [0.717, 1.165) is 22.6 Å². The summed E-state index contributed by atoms with van der Waals surface area (Å²) < 4.78 is 79.5. The summed E-state index contributed by atoms with van der Waals surface area (Å²) in [5.41, 5.74) is 0. The van der Waals surface area contributed by atoms with Crippen molar-refractivity contribution >= 4 is 32.7 Å². The monoisotopic (exact) mass is 356 g/mol. The predicted molar refractivity (Wildman–Crippen MR) is 48.8 cm³/mol. The van der Waals surface area contributed by atoms with Crippen molar-refractivity contribution < 1.29 is 30.5 Å². The highest BCUT2D eigenvalue weighted by atomic mass is 127. The lowest BCUT2D eigenvalue weighted by molar-refractivity contribution is 0.398. The zero-order valence-corrected chi connectivity index (χ0v) is 9.54. The van der Waals surface area contributed by atoms with Crippen LogP contribution in [0.4, 0.5) is 17.6 Å². The summed E-state index contributed by atoms with van der Waals surface area (Å²) in [4.78, 5) is -2.03. The van der Waals surface area contributed by atoms with Crippen LogP contribution in [0.2, 0.25) is 0 Å². The van der Waals surface area contributed by atoms with Crippen LogP contribution in [0.1, 0.15) is 0 Å². The van der Waals surface area contributed by atoms with Crippen LogP contribution >= 0.6 is 22.6 Å². The van der Waals surface area contributed by atoms with Crippen LogP contribution in [0.25, 0.3) is 0 Å². The maximum atomic E-state index is 12.9. The normalized spacial score (nSPS) is 11.9. The van der Waals surface area contributed by atoms with E-state index in [1.54, 1.807) is 0 Å². The minimum atomic E-state index is -5.36. The van der Waals surface area contributed by atoms with Crippen molar-refractivity contribution in [2.75, 3.05) is 0 Å². The SMILES string of the molecule is O=S(=O)(O)c1c(F)c(F)c(I)c(F)c1F. The lowest BCUT2D eigenvalue weighted by atomic mass is 10.3. The molecule has 0 fully saturated rings. The number of halogens is 5. The van der Waals surface area contributed by atoms with Crippen molar-refractivity contribution in [1.29, 1.82) is 0 Å². The maximum absolute atomic E-state index is 12.9. The van der Waals surface area contributed by atoms with Gasteiger partial charge in [-0.3, -0.25) is 4.55 Å². The Hall–Kier alpha value is -0.420. The Kier molecular flexibility index (Phi) is 3.26. The molecule has 1 aromatic rings. The van der Waals surface area contributed by atoms with Gasteiger partial charge in [0.25, 0.3) is 0 Å². The van der Waals surface area contributed by atoms with Crippen molar-refractivity contribution in [2.24, 2.45) is 0 Å². The molecule has 1 rings (SSSR count). The Morgan fingerprint density at radius 1 is 0.933 bits per heavy atom. The summed E-state index contributed by atoms with van der Waals surface area (Å²) in [6, 6.07) is 0. The number of benzene rings is 1. The molecule has 9 heteroatoms. The van der Waals surface area contributed by atoms with Crippen LogP contribution in [0.5, 0.6) is 0 Å². The summed E-state index contributed by atoms with van der Waals surface area (Å²) in [5.74, 6) is -8.05. The van der Waals surface area contributed by atoms with Gasteiger partial charge in [-0.15, -0.1) is 0 Å². The third-order valence-electron chi connectivity index (χ3n) is 1.43. The van der Waals surface area contributed by atoms with Crippen LogP contribution in [0.15, 0.2) is 4.90 Å². The topological polar surface area (TPSA) is 54.4 Å².